The van der Waals surface area contributed by atoms with Crippen LogP contribution in [-0.2, 0) is 13.0 Å². The Morgan fingerprint density at radius 1 is 1.03 bits per heavy atom. The van der Waals surface area contributed by atoms with E-state index in [1.165, 1.54) is 12.1 Å². The van der Waals surface area contributed by atoms with Crippen molar-refractivity contribution in [3.63, 3.8) is 0 Å². The zero-order chi connectivity index (χ0) is 26.2. The number of rotatable bonds is 4. The van der Waals surface area contributed by atoms with Crippen LogP contribution in [-0.4, -0.2) is 25.3 Å². The minimum atomic E-state index is -0.547. The van der Waals surface area contributed by atoms with E-state index in [-0.39, 0.29) is 18.4 Å². The lowest BCUT2D eigenvalue weighted by molar-refractivity contribution is 0.194. The molecule has 0 radical (unpaired) electrons. The van der Waals surface area contributed by atoms with Crippen molar-refractivity contribution in [1.82, 2.24) is 19.2 Å². The van der Waals surface area contributed by atoms with Crippen LogP contribution in [0, 0.1) is 5.82 Å². The smallest absolute Gasteiger partial charge is 0.308 e. The summed E-state index contributed by atoms with van der Waals surface area (Å²) in [5, 5.41) is 8.55. The van der Waals surface area contributed by atoms with Gasteiger partial charge in [-0.1, -0.05) is 48.9 Å². The molecule has 0 fully saturated rings. The van der Waals surface area contributed by atoms with Crippen molar-refractivity contribution in [2.45, 2.75) is 25.9 Å². The molecule has 5 aromatic rings. The summed E-state index contributed by atoms with van der Waals surface area (Å²) in [4.78, 5) is 15.7. The summed E-state index contributed by atoms with van der Waals surface area (Å²) in [6, 6.07) is 26.4. The molecule has 0 unspecified atom stereocenters. The van der Waals surface area contributed by atoms with Crippen LogP contribution in [0.4, 0.5) is 14.9 Å². The Balaban J connectivity index is 1.55. The van der Waals surface area contributed by atoms with E-state index in [2.05, 4.69) is 16.8 Å². The molecule has 0 saturated carbocycles. The van der Waals surface area contributed by atoms with E-state index in [9.17, 15) is 9.18 Å². The number of fused-ring (bicyclic) bond motifs is 3. The molecule has 1 N–H and O–H groups in total. The van der Waals surface area contributed by atoms with Crippen LogP contribution in [0.2, 0.25) is 5.02 Å². The minimum Gasteiger partial charge on any atom is -0.308 e. The molecule has 0 spiro atoms. The molecular weight excluding hydrogens is 501 g/mol. The highest BCUT2D eigenvalue weighted by molar-refractivity contribution is 6.30. The summed E-state index contributed by atoms with van der Waals surface area (Å²) >= 11 is 6.05. The summed E-state index contributed by atoms with van der Waals surface area (Å²) in [5.41, 5.74) is 4.89. The van der Waals surface area contributed by atoms with Gasteiger partial charge in [-0.25, -0.2) is 13.9 Å². The molecule has 38 heavy (non-hydrogen) atoms. The monoisotopic (exact) mass is 525 g/mol. The lowest BCUT2D eigenvalue weighted by Crippen LogP contribution is -2.38. The highest BCUT2D eigenvalue weighted by atomic mass is 35.5. The van der Waals surface area contributed by atoms with Gasteiger partial charge in [0.15, 0.2) is 0 Å². The molecule has 8 heteroatoms. The van der Waals surface area contributed by atoms with Gasteiger partial charge in [-0.2, -0.15) is 5.10 Å². The number of urea groups is 1. The molecule has 0 bridgehead atoms. The van der Waals surface area contributed by atoms with Gasteiger partial charge in [0.1, 0.15) is 11.6 Å². The molecule has 2 aromatic heterocycles. The third-order valence-corrected chi connectivity index (χ3v) is 7.08. The second-order valence-corrected chi connectivity index (χ2v) is 9.61. The van der Waals surface area contributed by atoms with Gasteiger partial charge in [0.25, 0.3) is 0 Å². The molecule has 1 aliphatic heterocycles. The average Bonchev–Trinajstić information content (AvgIpc) is 3.51. The van der Waals surface area contributed by atoms with Crippen LogP contribution in [0.15, 0.2) is 97.2 Å². The molecule has 2 amide bonds. The van der Waals surface area contributed by atoms with E-state index in [1.54, 1.807) is 35.2 Å². The van der Waals surface area contributed by atoms with Crippen molar-refractivity contribution in [2.24, 2.45) is 0 Å². The summed E-state index contributed by atoms with van der Waals surface area (Å²) in [7, 11) is 0. The topological polar surface area (TPSA) is 55.1 Å². The minimum absolute atomic E-state index is 0.285. The lowest BCUT2D eigenvalue weighted by Gasteiger charge is -2.31. The van der Waals surface area contributed by atoms with Crippen LogP contribution in [0.3, 0.4) is 0 Å². The van der Waals surface area contributed by atoms with Crippen molar-refractivity contribution in [3.05, 3.63) is 131 Å². The Bertz CT molecular complexity index is 1610. The third kappa shape index (κ3) is 4.25. The summed E-state index contributed by atoms with van der Waals surface area (Å²) in [6.45, 7) is 2.34. The van der Waals surface area contributed by atoms with Crippen molar-refractivity contribution >= 4 is 23.3 Å². The van der Waals surface area contributed by atoms with Crippen LogP contribution in [0.5, 0.6) is 0 Å². The predicted molar refractivity (Wildman–Crippen MR) is 147 cm³/mol. The zero-order valence-corrected chi connectivity index (χ0v) is 21.4. The van der Waals surface area contributed by atoms with Crippen molar-refractivity contribution in [3.8, 4) is 11.5 Å². The first-order valence-electron chi connectivity index (χ1n) is 12.5. The third-order valence-electron chi connectivity index (χ3n) is 6.82. The van der Waals surface area contributed by atoms with Crippen LogP contribution in [0.1, 0.15) is 35.5 Å². The molecule has 1 aliphatic rings. The second kappa shape index (κ2) is 9.84. The molecule has 3 aromatic carbocycles. The largest absolute Gasteiger partial charge is 0.322 e. The molecule has 0 aliphatic carbocycles. The molecule has 0 saturated heterocycles. The fraction of sp³-hybridized carbons (Fsp3) is 0.133. The van der Waals surface area contributed by atoms with Gasteiger partial charge in [0, 0.05) is 22.5 Å². The van der Waals surface area contributed by atoms with E-state index in [0.717, 1.165) is 28.5 Å². The number of aromatic nitrogens is 3. The van der Waals surface area contributed by atoms with Gasteiger partial charge in [-0.15, -0.1) is 0 Å². The Morgan fingerprint density at radius 2 is 1.82 bits per heavy atom. The number of carbonyl (C=O) groups excluding carboxylic acids is 1. The number of amides is 2. The van der Waals surface area contributed by atoms with Crippen molar-refractivity contribution in [2.75, 3.05) is 5.32 Å². The molecule has 6 rings (SSSR count). The number of carbonyl (C=O) groups is 1. The number of benzene rings is 3. The Morgan fingerprint density at radius 3 is 2.55 bits per heavy atom. The fourth-order valence-electron chi connectivity index (χ4n) is 5.10. The SMILES string of the molecule is CCc1nn(-c2ccccc2)c2c1CN(C(=O)Nc1ccc(Cl)cc1)[C@@H](c1cccc(F)c1)c1cccn1-2. The second-order valence-electron chi connectivity index (χ2n) is 9.18. The predicted octanol–water partition coefficient (Wildman–Crippen LogP) is 7.16. The zero-order valence-electron chi connectivity index (χ0n) is 20.7. The first-order valence-corrected chi connectivity index (χ1v) is 12.8. The van der Waals surface area contributed by atoms with Gasteiger partial charge in [-0.3, -0.25) is 0 Å². The summed E-state index contributed by atoms with van der Waals surface area (Å²) in [6.07, 6.45) is 2.66. The van der Waals surface area contributed by atoms with E-state index >= 15 is 0 Å². The molecule has 190 valence electrons. The highest BCUT2D eigenvalue weighted by Gasteiger charge is 2.36. The van der Waals surface area contributed by atoms with Gasteiger partial charge >= 0.3 is 6.03 Å². The number of hydrogen-bond acceptors (Lipinski definition) is 2. The van der Waals surface area contributed by atoms with Gasteiger partial charge in [0.2, 0.25) is 0 Å². The number of anilines is 1. The maximum atomic E-state index is 14.5. The number of hydrogen-bond donors (Lipinski definition) is 1. The van der Waals surface area contributed by atoms with E-state index in [0.29, 0.717) is 22.7 Å². The maximum absolute atomic E-state index is 14.5. The van der Waals surface area contributed by atoms with Gasteiger partial charge in [-0.05, 0) is 72.6 Å². The van der Waals surface area contributed by atoms with Gasteiger partial charge in [0.05, 0.1) is 29.7 Å². The van der Waals surface area contributed by atoms with E-state index in [4.69, 9.17) is 16.7 Å². The van der Waals surface area contributed by atoms with Crippen LogP contribution >= 0.6 is 11.6 Å². The quantitative estimate of drug-likeness (QED) is 0.271. The Labute approximate surface area is 224 Å². The highest BCUT2D eigenvalue weighted by Crippen LogP contribution is 2.39. The van der Waals surface area contributed by atoms with Crippen LogP contribution < -0.4 is 5.32 Å². The molecule has 6 nitrogen and oxygen atoms in total. The Hall–Kier alpha value is -4.36. The van der Waals surface area contributed by atoms with Crippen molar-refractivity contribution < 1.29 is 9.18 Å². The van der Waals surface area contributed by atoms with Crippen molar-refractivity contribution in [1.29, 1.82) is 0 Å². The van der Waals surface area contributed by atoms with E-state index in [1.807, 2.05) is 59.4 Å². The molecule has 1 atom stereocenters. The molecule has 3 heterocycles. The normalized spacial score (nSPS) is 14.5. The molecular formula is C30H25ClFN5O. The number of para-hydroxylation sites is 1. The van der Waals surface area contributed by atoms with E-state index < -0.39 is 6.04 Å². The summed E-state index contributed by atoms with van der Waals surface area (Å²) in [5.74, 6) is 0.515. The fourth-order valence-corrected chi connectivity index (χ4v) is 5.23. The lowest BCUT2D eigenvalue weighted by atomic mass is 10.0. The number of nitrogens with one attached hydrogen (secondary N) is 1. The maximum Gasteiger partial charge on any atom is 0.322 e. The number of nitrogens with zero attached hydrogens (tertiary/aromatic N) is 4. The first-order chi connectivity index (χ1) is 18.5. The number of aryl methyl sites for hydroxylation is 1. The van der Waals surface area contributed by atoms with Crippen LogP contribution in [0.25, 0.3) is 11.5 Å². The summed E-state index contributed by atoms with van der Waals surface area (Å²) < 4.78 is 18.5. The Kier molecular flexibility index (Phi) is 6.21. The standard InChI is InChI=1S/C30H25ClFN5O/c1-2-26-25-19-36(30(38)33-23-15-13-21(31)14-16-23)28(20-8-6-9-22(32)18-20)27-12-7-17-35(27)29(25)37(34-26)24-10-4-3-5-11-24/h3-18,28H,2,19H2,1H3,(H,33,38)/t28-/m0/s1. The first kappa shape index (κ1) is 24.0. The average molecular weight is 526 g/mol. The van der Waals surface area contributed by atoms with Gasteiger partial charge < -0.3 is 14.8 Å². The number of halogens is 2.